The quantitative estimate of drug-likeness (QED) is 0.431. The number of nitrogens with zero attached hydrogens (tertiary/aromatic N) is 2. The maximum Gasteiger partial charge on any atom is 0.737 e. The first kappa shape index (κ1) is 21.2. The standard InChI is InChI=1S/C23H25BBrF3N2/c1-7-17-12(3)22-21(16-9-10-19(25)20(26)11-16)23-13(4)18(8-2)15(6)30(23)24(27,28)29(22)14(17)5/h9-11H,7-8H2,1-6H3. The molecule has 0 atom stereocenters. The minimum atomic E-state index is -4.06. The second-order valence-corrected chi connectivity index (χ2v) is 8.97. The molecule has 0 saturated heterocycles. The molecular formula is C23H25BBrF3N2. The molecule has 2 aliphatic heterocycles. The highest BCUT2D eigenvalue weighted by atomic mass is 79.9. The minimum Gasteiger partial charge on any atom is -0.393 e. The van der Waals surface area contributed by atoms with Crippen LogP contribution in [0.3, 0.4) is 0 Å². The molecule has 0 radical (unpaired) electrons. The van der Waals surface area contributed by atoms with Gasteiger partial charge in [-0.15, -0.1) is 0 Å². The summed E-state index contributed by atoms with van der Waals surface area (Å²) in [6.07, 6.45) is 1.33. The summed E-state index contributed by atoms with van der Waals surface area (Å²) < 4.78 is 49.5. The first-order valence-corrected chi connectivity index (χ1v) is 11.1. The maximum atomic E-state index is 16.1. The summed E-state index contributed by atoms with van der Waals surface area (Å²) in [5.41, 5.74) is 7.01. The summed E-state index contributed by atoms with van der Waals surface area (Å²) >= 11 is 3.21. The van der Waals surface area contributed by atoms with Gasteiger partial charge in [0, 0.05) is 23.8 Å². The van der Waals surface area contributed by atoms with Crippen molar-refractivity contribution in [3.63, 3.8) is 0 Å². The molecular weight excluding hydrogens is 452 g/mol. The van der Waals surface area contributed by atoms with Gasteiger partial charge in [0.2, 0.25) is 0 Å². The van der Waals surface area contributed by atoms with Crippen molar-refractivity contribution in [2.24, 2.45) is 0 Å². The number of halogens is 4. The van der Waals surface area contributed by atoms with Crippen molar-refractivity contribution >= 4 is 34.2 Å². The molecule has 2 aromatic rings. The van der Waals surface area contributed by atoms with Gasteiger partial charge in [-0.05, 0) is 84.1 Å². The summed E-state index contributed by atoms with van der Waals surface area (Å²) in [7, 11) is 0. The summed E-state index contributed by atoms with van der Waals surface area (Å²) in [6.45, 7) is 7.24. The van der Waals surface area contributed by atoms with Crippen molar-refractivity contribution in [3.8, 4) is 0 Å². The van der Waals surface area contributed by atoms with Crippen LogP contribution in [0.25, 0.3) is 5.57 Å². The van der Waals surface area contributed by atoms with Crippen LogP contribution in [0.1, 0.15) is 62.2 Å². The van der Waals surface area contributed by atoms with E-state index in [0.717, 1.165) is 22.3 Å². The Morgan fingerprint density at radius 3 is 2.30 bits per heavy atom. The van der Waals surface area contributed by atoms with E-state index >= 15 is 8.63 Å². The average molecular weight is 477 g/mol. The predicted molar refractivity (Wildman–Crippen MR) is 121 cm³/mol. The van der Waals surface area contributed by atoms with E-state index in [1.165, 1.54) is 15.0 Å². The topological polar surface area (TPSA) is 7.94 Å². The molecule has 0 spiro atoms. The number of hydrogen-bond donors (Lipinski definition) is 0. The van der Waals surface area contributed by atoms with Crippen LogP contribution >= 0.6 is 15.9 Å². The van der Waals surface area contributed by atoms with E-state index in [9.17, 15) is 4.39 Å². The van der Waals surface area contributed by atoms with Crippen molar-refractivity contribution in [1.82, 2.24) is 4.48 Å². The van der Waals surface area contributed by atoms with E-state index in [0.29, 0.717) is 51.2 Å². The number of fused-ring (bicyclic) bond motifs is 2. The van der Waals surface area contributed by atoms with Gasteiger partial charge < -0.3 is 17.6 Å². The molecule has 1 aromatic heterocycles. The van der Waals surface area contributed by atoms with Gasteiger partial charge in [-0.1, -0.05) is 19.9 Å². The zero-order chi connectivity index (χ0) is 22.1. The molecule has 0 saturated carbocycles. The van der Waals surface area contributed by atoms with Gasteiger partial charge in [-0.3, -0.25) is 0 Å². The fourth-order valence-corrected chi connectivity index (χ4v) is 5.65. The summed E-state index contributed by atoms with van der Waals surface area (Å²) in [5, 5.41) is 0. The van der Waals surface area contributed by atoms with E-state index in [4.69, 9.17) is 0 Å². The smallest absolute Gasteiger partial charge is 0.393 e. The molecule has 0 bridgehead atoms. The third-order valence-electron chi connectivity index (χ3n) is 6.70. The Morgan fingerprint density at radius 1 is 1.07 bits per heavy atom. The lowest BCUT2D eigenvalue weighted by Crippen LogP contribution is -2.51. The molecule has 1 aromatic carbocycles. The highest BCUT2D eigenvalue weighted by Gasteiger charge is 2.56. The lowest BCUT2D eigenvalue weighted by Gasteiger charge is -2.34. The van der Waals surface area contributed by atoms with Crippen molar-refractivity contribution in [1.29, 1.82) is 0 Å². The minimum absolute atomic E-state index is 0.354. The van der Waals surface area contributed by atoms with E-state index in [-0.39, 0.29) is 0 Å². The highest BCUT2D eigenvalue weighted by molar-refractivity contribution is 9.10. The molecule has 0 unspecified atom stereocenters. The summed E-state index contributed by atoms with van der Waals surface area (Å²) in [4.78, 5) is 0. The SMILES string of the molecule is CCC1=C(C)C2=C(c3ccc(Br)c(F)c3)c3c(C)c(CC)c(C)n3[B-](F)(F)[N+]2=C1C. The van der Waals surface area contributed by atoms with Crippen LogP contribution in [-0.4, -0.2) is 21.6 Å². The van der Waals surface area contributed by atoms with Crippen LogP contribution in [0.2, 0.25) is 0 Å². The second-order valence-electron chi connectivity index (χ2n) is 8.11. The van der Waals surface area contributed by atoms with Crippen molar-refractivity contribution < 1.29 is 17.5 Å². The lowest BCUT2D eigenvalue weighted by molar-refractivity contribution is -0.363. The zero-order valence-corrected chi connectivity index (χ0v) is 19.7. The monoisotopic (exact) mass is 476 g/mol. The number of rotatable bonds is 3. The van der Waals surface area contributed by atoms with Crippen LogP contribution in [0, 0.1) is 19.7 Å². The molecule has 158 valence electrons. The number of aromatic nitrogens is 1. The Balaban J connectivity index is 2.23. The van der Waals surface area contributed by atoms with Crippen molar-refractivity contribution in [2.75, 3.05) is 0 Å². The molecule has 0 amide bonds. The molecule has 0 aliphatic carbocycles. The predicted octanol–water partition coefficient (Wildman–Crippen LogP) is 6.78. The van der Waals surface area contributed by atoms with Crippen molar-refractivity contribution in [3.05, 3.63) is 73.4 Å². The van der Waals surface area contributed by atoms with E-state index < -0.39 is 12.8 Å². The van der Waals surface area contributed by atoms with Gasteiger partial charge in [-0.25, -0.2) is 4.39 Å². The largest absolute Gasteiger partial charge is 0.737 e. The van der Waals surface area contributed by atoms with Gasteiger partial charge in [0.05, 0.1) is 10.0 Å². The number of allylic oxidation sites excluding steroid dienone is 2. The molecule has 30 heavy (non-hydrogen) atoms. The molecule has 7 heteroatoms. The van der Waals surface area contributed by atoms with Crippen molar-refractivity contribution in [2.45, 2.75) is 54.4 Å². The van der Waals surface area contributed by atoms with Crippen LogP contribution in [0.4, 0.5) is 13.0 Å². The molecule has 0 N–H and O–H groups in total. The number of benzene rings is 1. The Kier molecular flexibility index (Phi) is 4.96. The Hall–Kier alpha value is -2.02. The molecule has 3 heterocycles. The van der Waals surface area contributed by atoms with Gasteiger partial charge >= 0.3 is 6.97 Å². The normalized spacial score (nSPS) is 17.8. The van der Waals surface area contributed by atoms with Crippen LogP contribution in [0.15, 0.2) is 39.5 Å². The Bertz CT molecular complexity index is 1200. The van der Waals surface area contributed by atoms with Gasteiger partial charge in [0.15, 0.2) is 5.70 Å². The molecule has 0 fully saturated rings. The first-order valence-electron chi connectivity index (χ1n) is 10.3. The zero-order valence-electron chi connectivity index (χ0n) is 18.1. The third-order valence-corrected chi connectivity index (χ3v) is 7.35. The fourth-order valence-electron chi connectivity index (χ4n) is 5.40. The van der Waals surface area contributed by atoms with E-state index in [1.807, 2.05) is 27.7 Å². The fraction of sp³-hybridized carbons (Fsp3) is 0.348. The lowest BCUT2D eigenvalue weighted by atomic mass is 9.83. The van der Waals surface area contributed by atoms with E-state index in [2.05, 4.69) is 15.9 Å². The second kappa shape index (κ2) is 7.01. The molecule has 2 nitrogen and oxygen atoms in total. The summed E-state index contributed by atoms with van der Waals surface area (Å²) in [5.74, 6) is -0.408. The Morgan fingerprint density at radius 2 is 1.73 bits per heavy atom. The van der Waals surface area contributed by atoms with Crippen LogP contribution in [0.5, 0.6) is 0 Å². The Labute approximate surface area is 184 Å². The molecule has 4 rings (SSSR count). The first-order chi connectivity index (χ1) is 14.1. The van der Waals surface area contributed by atoms with E-state index in [1.54, 1.807) is 26.0 Å². The summed E-state index contributed by atoms with van der Waals surface area (Å²) in [6, 6.07) is 4.88. The van der Waals surface area contributed by atoms with Gasteiger partial charge in [-0.2, -0.15) is 0 Å². The van der Waals surface area contributed by atoms with Gasteiger partial charge in [0.25, 0.3) is 0 Å². The third kappa shape index (κ3) is 2.60. The van der Waals surface area contributed by atoms with Crippen LogP contribution in [-0.2, 0) is 6.42 Å². The maximum absolute atomic E-state index is 16.1. The average Bonchev–Trinajstić information content (AvgIpc) is 3.09. The van der Waals surface area contributed by atoms with Crippen LogP contribution < -0.4 is 0 Å². The molecule has 2 aliphatic rings. The highest BCUT2D eigenvalue weighted by Crippen LogP contribution is 2.47. The van der Waals surface area contributed by atoms with Gasteiger partial charge in [0.1, 0.15) is 11.5 Å². The number of hydrogen-bond acceptors (Lipinski definition) is 0.